The maximum absolute atomic E-state index is 13.1. The van der Waals surface area contributed by atoms with Crippen LogP contribution >= 0.6 is 11.6 Å². The Kier molecular flexibility index (Phi) is 6.04. The van der Waals surface area contributed by atoms with E-state index in [1.165, 1.54) is 37.3 Å². The van der Waals surface area contributed by atoms with E-state index in [2.05, 4.69) is 14.6 Å². The normalized spacial score (nSPS) is 16.2. The standard InChI is InChI=1S/C18H21ClN4O4S/c1-23-18(25)14(11-20-23)17(24)13-7-6-12(10-21-27-2)16(15(13)19)22-28(26)8-4-3-5-9-28/h6-7,10-11,25H,3-5,8-9H2,1-2H3. The molecule has 0 amide bonds. The monoisotopic (exact) mass is 424 g/mol. The molecule has 0 aliphatic carbocycles. The van der Waals surface area contributed by atoms with Gasteiger partial charge in [-0.1, -0.05) is 29.2 Å². The van der Waals surface area contributed by atoms with Gasteiger partial charge in [-0.05, 0) is 18.9 Å². The van der Waals surface area contributed by atoms with Crippen LogP contribution in [0.15, 0.2) is 27.8 Å². The number of ketones is 1. The number of hydrogen-bond acceptors (Lipinski definition) is 7. The fraction of sp³-hybridized carbons (Fsp3) is 0.389. The predicted octanol–water partition coefficient (Wildman–Crippen LogP) is 3.27. The number of nitrogens with zero attached hydrogens (tertiary/aromatic N) is 4. The number of hydrogen-bond donors (Lipinski definition) is 1. The maximum Gasteiger partial charge on any atom is 0.220 e. The van der Waals surface area contributed by atoms with E-state index in [0.29, 0.717) is 17.1 Å². The van der Waals surface area contributed by atoms with E-state index < -0.39 is 15.5 Å². The van der Waals surface area contributed by atoms with E-state index in [1.54, 1.807) is 6.07 Å². The van der Waals surface area contributed by atoms with Crippen molar-refractivity contribution in [3.63, 3.8) is 0 Å². The second-order valence-corrected chi connectivity index (χ2v) is 9.37. The maximum atomic E-state index is 13.1. The quantitative estimate of drug-likeness (QED) is 0.450. The van der Waals surface area contributed by atoms with Crippen LogP contribution in [0.25, 0.3) is 0 Å². The van der Waals surface area contributed by atoms with Crippen molar-refractivity contribution in [2.45, 2.75) is 19.3 Å². The molecule has 2 heterocycles. The zero-order valence-corrected chi connectivity index (χ0v) is 17.2. The lowest BCUT2D eigenvalue weighted by Crippen LogP contribution is -2.16. The van der Waals surface area contributed by atoms with Gasteiger partial charge in [0.2, 0.25) is 11.7 Å². The van der Waals surface area contributed by atoms with Crippen molar-refractivity contribution in [3.05, 3.63) is 40.0 Å². The molecule has 0 bridgehead atoms. The van der Waals surface area contributed by atoms with E-state index in [0.717, 1.165) is 19.3 Å². The number of oxime groups is 1. The summed E-state index contributed by atoms with van der Waals surface area (Å²) in [5.41, 5.74) is 0.892. The van der Waals surface area contributed by atoms with Crippen molar-refractivity contribution < 1.29 is 18.9 Å². The number of aromatic hydroxyl groups is 1. The van der Waals surface area contributed by atoms with Crippen molar-refractivity contribution in [1.29, 1.82) is 0 Å². The summed E-state index contributed by atoms with van der Waals surface area (Å²) in [5, 5.41) is 17.7. The molecule has 10 heteroatoms. The van der Waals surface area contributed by atoms with Crippen LogP contribution in [0.3, 0.4) is 0 Å². The molecular formula is C18H21ClN4O4S. The Morgan fingerprint density at radius 3 is 2.64 bits per heavy atom. The van der Waals surface area contributed by atoms with Crippen LogP contribution in [0.2, 0.25) is 5.02 Å². The first-order valence-corrected chi connectivity index (χ1v) is 11.0. The lowest BCUT2D eigenvalue weighted by Gasteiger charge is -2.17. The summed E-state index contributed by atoms with van der Waals surface area (Å²) in [4.78, 5) is 17.6. The van der Waals surface area contributed by atoms with Crippen LogP contribution in [0.5, 0.6) is 5.88 Å². The van der Waals surface area contributed by atoms with Gasteiger partial charge in [0.05, 0.1) is 27.2 Å². The molecule has 0 spiro atoms. The fourth-order valence-corrected chi connectivity index (χ4v) is 5.57. The van der Waals surface area contributed by atoms with Gasteiger partial charge >= 0.3 is 0 Å². The molecule has 1 aromatic carbocycles. The molecule has 1 saturated heterocycles. The number of halogens is 1. The largest absolute Gasteiger partial charge is 0.493 e. The van der Waals surface area contributed by atoms with E-state index in [4.69, 9.17) is 16.4 Å². The van der Waals surface area contributed by atoms with Crippen LogP contribution < -0.4 is 0 Å². The Hall–Kier alpha value is -2.39. The first-order valence-electron chi connectivity index (χ1n) is 8.73. The van der Waals surface area contributed by atoms with Gasteiger partial charge in [0.15, 0.2) is 0 Å². The molecule has 2 aromatic rings. The number of benzene rings is 1. The molecule has 0 saturated carbocycles. The molecule has 150 valence electrons. The van der Waals surface area contributed by atoms with Gasteiger partial charge in [-0.25, -0.2) is 8.89 Å². The molecule has 1 N–H and O–H groups in total. The third kappa shape index (κ3) is 4.05. The summed E-state index contributed by atoms with van der Waals surface area (Å²) in [6.07, 6.45) is 5.38. The third-order valence-corrected chi connectivity index (χ3v) is 7.28. The second-order valence-electron chi connectivity index (χ2n) is 6.45. The predicted molar refractivity (Wildman–Crippen MR) is 108 cm³/mol. The van der Waals surface area contributed by atoms with Crippen molar-refractivity contribution in [2.75, 3.05) is 18.6 Å². The van der Waals surface area contributed by atoms with Crippen molar-refractivity contribution >= 4 is 39.0 Å². The van der Waals surface area contributed by atoms with Crippen LogP contribution in [0, 0.1) is 0 Å². The third-order valence-electron chi connectivity index (χ3n) is 4.53. The van der Waals surface area contributed by atoms with Gasteiger partial charge in [-0.3, -0.25) is 4.79 Å². The van der Waals surface area contributed by atoms with E-state index in [-0.39, 0.29) is 27.7 Å². The molecular weight excluding hydrogens is 404 g/mol. The molecule has 1 aliphatic heterocycles. The average molecular weight is 425 g/mol. The Morgan fingerprint density at radius 1 is 1.32 bits per heavy atom. The van der Waals surface area contributed by atoms with Crippen LogP contribution in [0.1, 0.15) is 40.7 Å². The topological polar surface area (TPSA) is 106 Å². The summed E-state index contributed by atoms with van der Waals surface area (Å²) in [7, 11) is 0.459. The molecule has 0 radical (unpaired) electrons. The van der Waals surface area contributed by atoms with Gasteiger partial charge in [-0.15, -0.1) is 0 Å². The molecule has 1 aliphatic rings. The summed E-state index contributed by atoms with van der Waals surface area (Å²) in [6, 6.07) is 3.13. The van der Waals surface area contributed by atoms with E-state index in [1.807, 2.05) is 0 Å². The van der Waals surface area contributed by atoms with Gasteiger partial charge in [0.25, 0.3) is 0 Å². The second kappa shape index (κ2) is 8.32. The first-order chi connectivity index (χ1) is 13.4. The SMILES string of the molecule is CON=Cc1ccc(C(=O)c2cnn(C)c2O)c(Cl)c1N=S1(=O)CCCCC1. The van der Waals surface area contributed by atoms with Crippen LogP contribution in [-0.2, 0) is 21.6 Å². The highest BCUT2D eigenvalue weighted by atomic mass is 35.5. The number of carbonyl (C=O) groups is 1. The fourth-order valence-electron chi connectivity index (χ4n) is 2.99. The average Bonchev–Trinajstić information content (AvgIpc) is 3.01. The Balaban J connectivity index is 2.15. The summed E-state index contributed by atoms with van der Waals surface area (Å²) in [6.45, 7) is 0. The molecule has 28 heavy (non-hydrogen) atoms. The highest BCUT2D eigenvalue weighted by Gasteiger charge is 2.24. The summed E-state index contributed by atoms with van der Waals surface area (Å²) >= 11 is 6.53. The van der Waals surface area contributed by atoms with E-state index >= 15 is 0 Å². The Morgan fingerprint density at radius 2 is 2.04 bits per heavy atom. The van der Waals surface area contributed by atoms with Crippen molar-refractivity contribution in [1.82, 2.24) is 9.78 Å². The number of rotatable bonds is 5. The molecule has 0 unspecified atom stereocenters. The van der Waals surface area contributed by atoms with Crippen LogP contribution in [-0.4, -0.2) is 49.7 Å². The summed E-state index contributed by atoms with van der Waals surface area (Å²) in [5.74, 6) is 0.223. The molecule has 1 aromatic heterocycles. The van der Waals surface area contributed by atoms with Gasteiger partial charge < -0.3 is 9.94 Å². The van der Waals surface area contributed by atoms with Gasteiger partial charge in [0.1, 0.15) is 18.4 Å². The zero-order chi connectivity index (χ0) is 20.3. The number of aryl methyl sites for hydroxylation is 1. The highest BCUT2D eigenvalue weighted by molar-refractivity contribution is 7.93. The van der Waals surface area contributed by atoms with Crippen molar-refractivity contribution in [3.8, 4) is 5.88 Å². The highest BCUT2D eigenvalue weighted by Crippen LogP contribution is 2.36. The van der Waals surface area contributed by atoms with Gasteiger partial charge in [-0.2, -0.15) is 9.46 Å². The zero-order valence-electron chi connectivity index (χ0n) is 15.6. The lowest BCUT2D eigenvalue weighted by atomic mass is 10.0. The minimum Gasteiger partial charge on any atom is -0.493 e. The Labute approximate surface area is 168 Å². The minimum atomic E-state index is -2.46. The van der Waals surface area contributed by atoms with Gasteiger partial charge in [0, 0.05) is 29.7 Å². The molecule has 8 nitrogen and oxygen atoms in total. The number of carbonyl (C=O) groups excluding carboxylic acids is 1. The summed E-state index contributed by atoms with van der Waals surface area (Å²) < 4.78 is 18.8. The Bertz CT molecular complexity index is 1040. The lowest BCUT2D eigenvalue weighted by molar-refractivity contribution is 0.103. The molecule has 1 fully saturated rings. The molecule has 3 rings (SSSR count). The van der Waals surface area contributed by atoms with E-state index in [9.17, 15) is 14.1 Å². The smallest absolute Gasteiger partial charge is 0.220 e. The molecule has 0 atom stereocenters. The van der Waals surface area contributed by atoms with Crippen LogP contribution in [0.4, 0.5) is 5.69 Å². The first kappa shape index (κ1) is 20.3. The minimum absolute atomic E-state index is 0.0236. The van der Waals surface area contributed by atoms with Crippen molar-refractivity contribution in [2.24, 2.45) is 16.6 Å². The number of aromatic nitrogens is 2.